The molecule has 0 unspecified atom stereocenters. The summed E-state index contributed by atoms with van der Waals surface area (Å²) >= 11 is 6.69. The van der Waals surface area contributed by atoms with Gasteiger partial charge in [-0.15, -0.1) is 0 Å². The Morgan fingerprint density at radius 3 is 2.53 bits per heavy atom. The fourth-order valence-electron chi connectivity index (χ4n) is 5.42. The summed E-state index contributed by atoms with van der Waals surface area (Å²) in [7, 11) is 0. The van der Waals surface area contributed by atoms with Crippen molar-refractivity contribution in [1.29, 1.82) is 0 Å². The van der Waals surface area contributed by atoms with Gasteiger partial charge in [0.25, 0.3) is 0 Å². The minimum Gasteiger partial charge on any atom is -0.481 e. The Kier molecular flexibility index (Phi) is 7.32. The van der Waals surface area contributed by atoms with Crippen LogP contribution in [0.1, 0.15) is 58.4 Å². The van der Waals surface area contributed by atoms with Gasteiger partial charge < -0.3 is 19.7 Å². The molecule has 8 heteroatoms. The molecule has 202 valence electrons. The highest BCUT2D eigenvalue weighted by molar-refractivity contribution is 6.32. The number of benzene rings is 2. The number of carbonyl (C=O) groups excluding carboxylic acids is 2. The van der Waals surface area contributed by atoms with Gasteiger partial charge in [0.2, 0.25) is 5.91 Å². The average molecular weight is 538 g/mol. The first-order valence-corrected chi connectivity index (χ1v) is 13.8. The normalized spacial score (nSPS) is 20.5. The molecule has 5 rings (SSSR count). The number of nitrogens with one attached hydrogen (secondary N) is 1. The summed E-state index contributed by atoms with van der Waals surface area (Å²) in [4.78, 5) is 29.9. The number of hydrogen-bond acceptors (Lipinski definition) is 5. The van der Waals surface area contributed by atoms with Gasteiger partial charge in [-0.25, -0.2) is 4.79 Å². The molecule has 0 saturated carbocycles. The van der Waals surface area contributed by atoms with E-state index < -0.39 is 17.7 Å². The summed E-state index contributed by atoms with van der Waals surface area (Å²) in [5.74, 6) is 0.408. The third kappa shape index (κ3) is 5.78. The molecule has 2 amide bonds. The Morgan fingerprint density at radius 2 is 1.82 bits per heavy atom. The molecular weight excluding hydrogens is 502 g/mol. The second kappa shape index (κ2) is 10.5. The highest BCUT2D eigenvalue weighted by Crippen LogP contribution is 2.43. The zero-order valence-corrected chi connectivity index (χ0v) is 23.1. The van der Waals surface area contributed by atoms with E-state index in [-0.39, 0.29) is 11.5 Å². The fourth-order valence-corrected chi connectivity index (χ4v) is 5.68. The number of piperidine rings is 2. The Balaban J connectivity index is 1.26. The lowest BCUT2D eigenvalue weighted by molar-refractivity contribution is -0.122. The van der Waals surface area contributed by atoms with Crippen LogP contribution in [0.15, 0.2) is 48.5 Å². The summed E-state index contributed by atoms with van der Waals surface area (Å²) < 4.78 is 12.1. The van der Waals surface area contributed by atoms with Crippen molar-refractivity contribution in [1.82, 2.24) is 4.90 Å². The minimum atomic E-state index is -0.622. The molecule has 0 aromatic heterocycles. The van der Waals surface area contributed by atoms with Crippen LogP contribution in [0.2, 0.25) is 5.02 Å². The summed E-state index contributed by atoms with van der Waals surface area (Å²) in [6.45, 7) is 7.76. The Bertz CT molecular complexity index is 1220. The Labute approximate surface area is 229 Å². The molecule has 3 heterocycles. The largest absolute Gasteiger partial charge is 0.481 e. The zero-order valence-electron chi connectivity index (χ0n) is 22.3. The van der Waals surface area contributed by atoms with Crippen LogP contribution >= 0.6 is 11.6 Å². The molecule has 0 aliphatic carbocycles. The van der Waals surface area contributed by atoms with Gasteiger partial charge in [-0.2, -0.15) is 0 Å². The van der Waals surface area contributed by atoms with Gasteiger partial charge in [-0.1, -0.05) is 35.9 Å². The average Bonchev–Trinajstić information content (AvgIpc) is 2.89. The molecule has 1 atom stereocenters. The molecule has 2 saturated heterocycles. The van der Waals surface area contributed by atoms with Gasteiger partial charge in [0.1, 0.15) is 23.0 Å². The smallest absolute Gasteiger partial charge is 0.410 e. The van der Waals surface area contributed by atoms with Crippen molar-refractivity contribution in [3.8, 4) is 5.75 Å². The molecule has 7 nitrogen and oxygen atoms in total. The lowest BCUT2D eigenvalue weighted by Gasteiger charge is -2.43. The predicted molar refractivity (Wildman–Crippen MR) is 151 cm³/mol. The standard InChI is InChI=1S/C30H36ClN3O4/c1-29(2,3)38-28(36)34-16-8-7-11-25(34)27(35)32-22-19-21-12-13-30(37-26(21)24(31)20-22)14-17-33(18-15-30)23-9-5-4-6-10-23/h4-6,9-10,12-13,19-20,25H,7-8,11,14-18H2,1-3H3,(H,32,35)/t25-/m1/s1. The summed E-state index contributed by atoms with van der Waals surface area (Å²) in [6.07, 6.45) is 7.75. The van der Waals surface area contributed by atoms with Crippen LogP contribution < -0.4 is 15.0 Å². The summed E-state index contributed by atoms with van der Waals surface area (Å²) in [5, 5.41) is 3.43. The van der Waals surface area contributed by atoms with Crippen molar-refractivity contribution < 1.29 is 19.1 Å². The van der Waals surface area contributed by atoms with Gasteiger partial charge >= 0.3 is 6.09 Å². The molecule has 2 fully saturated rings. The fraction of sp³-hybridized carbons (Fsp3) is 0.467. The van der Waals surface area contributed by atoms with Crippen molar-refractivity contribution >= 4 is 41.1 Å². The lowest BCUT2D eigenvalue weighted by Crippen LogP contribution is -2.51. The van der Waals surface area contributed by atoms with E-state index in [0.29, 0.717) is 29.4 Å². The number of carbonyl (C=O) groups is 2. The van der Waals surface area contributed by atoms with E-state index in [0.717, 1.165) is 44.3 Å². The van der Waals surface area contributed by atoms with Crippen LogP contribution in [0.3, 0.4) is 0 Å². The van der Waals surface area contributed by atoms with E-state index in [4.69, 9.17) is 21.1 Å². The number of para-hydroxylation sites is 1. The topological polar surface area (TPSA) is 71.1 Å². The van der Waals surface area contributed by atoms with E-state index in [9.17, 15) is 9.59 Å². The number of anilines is 2. The van der Waals surface area contributed by atoms with E-state index in [1.165, 1.54) is 5.69 Å². The number of halogens is 1. The number of nitrogens with zero attached hydrogens (tertiary/aromatic N) is 2. The lowest BCUT2D eigenvalue weighted by atomic mass is 9.87. The van der Waals surface area contributed by atoms with Crippen molar-refractivity contribution in [2.75, 3.05) is 29.9 Å². The Morgan fingerprint density at radius 1 is 1.08 bits per heavy atom. The van der Waals surface area contributed by atoms with Crippen LogP contribution in [0.4, 0.5) is 16.2 Å². The van der Waals surface area contributed by atoms with Gasteiger partial charge in [0.05, 0.1) is 5.02 Å². The molecule has 0 radical (unpaired) electrons. The van der Waals surface area contributed by atoms with E-state index in [1.54, 1.807) is 11.0 Å². The predicted octanol–water partition coefficient (Wildman–Crippen LogP) is 6.51. The quantitative estimate of drug-likeness (QED) is 0.483. The second-order valence-electron chi connectivity index (χ2n) is 11.4. The van der Waals surface area contributed by atoms with Gasteiger partial charge in [-0.3, -0.25) is 9.69 Å². The third-order valence-electron chi connectivity index (χ3n) is 7.38. The number of rotatable bonds is 3. The van der Waals surface area contributed by atoms with E-state index >= 15 is 0 Å². The maximum atomic E-state index is 13.3. The summed E-state index contributed by atoms with van der Waals surface area (Å²) in [5.41, 5.74) is 1.63. The van der Waals surface area contributed by atoms with Crippen molar-refractivity contribution in [3.63, 3.8) is 0 Å². The highest BCUT2D eigenvalue weighted by Gasteiger charge is 2.38. The molecular formula is C30H36ClN3O4. The molecule has 3 aliphatic heterocycles. The first-order valence-electron chi connectivity index (χ1n) is 13.4. The molecule has 0 bridgehead atoms. The van der Waals surface area contributed by atoms with Crippen molar-refractivity contribution in [2.45, 2.75) is 70.1 Å². The third-order valence-corrected chi connectivity index (χ3v) is 7.66. The Hall–Kier alpha value is -3.19. The highest BCUT2D eigenvalue weighted by atomic mass is 35.5. The van der Waals surface area contributed by atoms with Crippen LogP contribution in [0.5, 0.6) is 5.75 Å². The summed E-state index contributed by atoms with van der Waals surface area (Å²) in [6, 6.07) is 13.4. The van der Waals surface area contributed by atoms with Gasteiger partial charge in [-0.05, 0) is 70.4 Å². The maximum Gasteiger partial charge on any atom is 0.410 e. The minimum absolute atomic E-state index is 0.239. The van der Waals surface area contributed by atoms with E-state index in [2.05, 4.69) is 40.6 Å². The molecule has 1 spiro atoms. The number of ether oxygens (including phenoxy) is 2. The van der Waals surface area contributed by atoms with Crippen LogP contribution in [-0.4, -0.2) is 53.8 Å². The first kappa shape index (κ1) is 26.4. The second-order valence-corrected chi connectivity index (χ2v) is 11.8. The first-order chi connectivity index (χ1) is 18.1. The number of likely N-dealkylation sites (tertiary alicyclic amines) is 1. The van der Waals surface area contributed by atoms with Crippen molar-refractivity contribution in [2.24, 2.45) is 0 Å². The van der Waals surface area contributed by atoms with Crippen LogP contribution in [0.25, 0.3) is 6.08 Å². The molecule has 3 aliphatic rings. The maximum absolute atomic E-state index is 13.3. The number of fused-ring (bicyclic) bond motifs is 1. The van der Waals surface area contributed by atoms with E-state index in [1.807, 2.05) is 39.0 Å². The van der Waals surface area contributed by atoms with Crippen molar-refractivity contribution in [3.05, 3.63) is 59.1 Å². The zero-order chi connectivity index (χ0) is 26.9. The molecule has 2 aromatic rings. The van der Waals surface area contributed by atoms with Gasteiger partial charge in [0.15, 0.2) is 0 Å². The van der Waals surface area contributed by atoms with Crippen LogP contribution in [-0.2, 0) is 9.53 Å². The number of hydrogen-bond donors (Lipinski definition) is 1. The molecule has 38 heavy (non-hydrogen) atoms. The molecule has 1 N–H and O–H groups in total. The number of amides is 2. The SMILES string of the molecule is CC(C)(C)OC(=O)N1CCCC[C@@H]1C(=O)Nc1cc(Cl)c2c(c1)C=CC1(CCN(c3ccccc3)CC1)O2. The van der Waals surface area contributed by atoms with Crippen LogP contribution in [0, 0.1) is 0 Å². The van der Waals surface area contributed by atoms with Gasteiger partial charge in [0, 0.05) is 49.4 Å². The monoisotopic (exact) mass is 537 g/mol. The molecule has 2 aromatic carbocycles.